The van der Waals surface area contributed by atoms with E-state index in [0.29, 0.717) is 11.5 Å². The first-order valence-electron chi connectivity index (χ1n) is 5.67. The fourth-order valence-corrected chi connectivity index (χ4v) is 3.02. The number of hydrogen-bond acceptors (Lipinski definition) is 0. The Morgan fingerprint density at radius 3 is 1.65 bits per heavy atom. The SMILES string of the molecule is CC(C)[CH]c1ccc(C(Cl)(Cl)C(Cl)(Cl)C(Cl)(Cl)Cl)cc1. The van der Waals surface area contributed by atoms with E-state index in [9.17, 15) is 0 Å². The highest BCUT2D eigenvalue weighted by molar-refractivity contribution is 6.78. The lowest BCUT2D eigenvalue weighted by Crippen LogP contribution is -2.45. The molecule has 0 N–H and O–H groups in total. The third kappa shape index (κ3) is 4.16. The van der Waals surface area contributed by atoms with Crippen molar-refractivity contribution in [2.45, 2.75) is 26.3 Å². The summed E-state index contributed by atoms with van der Waals surface area (Å²) in [6, 6.07) is 7.09. The summed E-state index contributed by atoms with van der Waals surface area (Å²) in [5.74, 6) is 0.416. The highest BCUT2D eigenvalue weighted by atomic mass is 35.6. The molecule has 1 aromatic rings. The number of benzene rings is 1. The van der Waals surface area contributed by atoms with Crippen molar-refractivity contribution in [1.29, 1.82) is 0 Å². The molecular formula is C13H12Cl7. The van der Waals surface area contributed by atoms with Gasteiger partial charge < -0.3 is 0 Å². The average Bonchev–Trinajstić information content (AvgIpc) is 2.27. The Morgan fingerprint density at radius 2 is 1.30 bits per heavy atom. The van der Waals surface area contributed by atoms with Gasteiger partial charge in [-0.25, -0.2) is 0 Å². The van der Waals surface area contributed by atoms with Crippen LogP contribution in [0, 0.1) is 12.3 Å². The third-order valence-electron chi connectivity index (χ3n) is 2.55. The second kappa shape index (κ2) is 6.79. The second-order valence-electron chi connectivity index (χ2n) is 4.68. The van der Waals surface area contributed by atoms with E-state index in [4.69, 9.17) is 81.2 Å². The van der Waals surface area contributed by atoms with Gasteiger partial charge in [-0.2, -0.15) is 0 Å². The maximum absolute atomic E-state index is 6.23. The Bertz CT molecular complexity index is 443. The van der Waals surface area contributed by atoms with Crippen molar-refractivity contribution >= 4 is 81.2 Å². The summed E-state index contributed by atoms with van der Waals surface area (Å²) in [4.78, 5) is 0. The minimum Gasteiger partial charge on any atom is -0.0930 e. The normalized spacial score (nSPS) is 13.9. The molecule has 0 spiro atoms. The Labute approximate surface area is 154 Å². The van der Waals surface area contributed by atoms with Crippen molar-refractivity contribution in [3.63, 3.8) is 0 Å². The van der Waals surface area contributed by atoms with E-state index >= 15 is 0 Å². The predicted molar refractivity (Wildman–Crippen MR) is 92.8 cm³/mol. The van der Waals surface area contributed by atoms with Gasteiger partial charge in [0, 0.05) is 0 Å². The summed E-state index contributed by atoms with van der Waals surface area (Å²) >= 11 is 41.8. The lowest BCUT2D eigenvalue weighted by atomic mass is 10.00. The highest BCUT2D eigenvalue weighted by Gasteiger charge is 2.60. The molecule has 0 saturated carbocycles. The first-order chi connectivity index (χ1) is 8.89. The van der Waals surface area contributed by atoms with Gasteiger partial charge in [-0.3, -0.25) is 0 Å². The van der Waals surface area contributed by atoms with Crippen LogP contribution in [0.5, 0.6) is 0 Å². The number of halogens is 7. The molecule has 0 aliphatic rings. The van der Waals surface area contributed by atoms with Crippen LogP contribution in [-0.2, 0) is 4.33 Å². The van der Waals surface area contributed by atoms with Gasteiger partial charge in [0.25, 0.3) is 0 Å². The second-order valence-corrected chi connectivity index (χ2v) is 9.62. The molecule has 0 aromatic heterocycles. The Balaban J connectivity index is 3.10. The van der Waals surface area contributed by atoms with E-state index in [1.54, 1.807) is 12.1 Å². The minimum absolute atomic E-state index is 0.416. The summed E-state index contributed by atoms with van der Waals surface area (Å²) in [6.45, 7) is 4.15. The summed E-state index contributed by atoms with van der Waals surface area (Å²) in [5.41, 5.74) is 1.47. The Hall–Kier alpha value is 1.25. The lowest BCUT2D eigenvalue weighted by molar-refractivity contribution is 0.698. The van der Waals surface area contributed by atoms with Crippen LogP contribution in [0.4, 0.5) is 0 Å². The monoisotopic (exact) mass is 413 g/mol. The largest absolute Gasteiger partial charge is 0.226 e. The molecule has 1 aromatic carbocycles. The molecule has 20 heavy (non-hydrogen) atoms. The molecule has 113 valence electrons. The van der Waals surface area contributed by atoms with Gasteiger partial charge in [-0.1, -0.05) is 119 Å². The van der Waals surface area contributed by atoms with Crippen molar-refractivity contribution in [3.05, 3.63) is 41.8 Å². The molecule has 1 radical (unpaired) electrons. The van der Waals surface area contributed by atoms with Gasteiger partial charge in [-0.05, 0) is 23.5 Å². The zero-order chi connectivity index (χ0) is 15.8. The minimum atomic E-state index is -2.05. The molecule has 0 aliphatic carbocycles. The number of rotatable bonds is 4. The molecule has 0 bridgehead atoms. The summed E-state index contributed by atoms with van der Waals surface area (Å²) in [7, 11) is 0. The maximum Gasteiger partial charge on any atom is 0.226 e. The van der Waals surface area contributed by atoms with E-state index in [-0.39, 0.29) is 0 Å². The summed E-state index contributed by atoms with van der Waals surface area (Å²) in [5, 5.41) is 0. The Kier molecular flexibility index (Phi) is 6.55. The standard InChI is InChI=1S/C13H12Cl7/c1-8(2)7-9-3-5-10(6-4-9)11(14,15)12(16,17)13(18,19)20/h3-8H,1-2H3. The first-order valence-corrected chi connectivity index (χ1v) is 8.32. The van der Waals surface area contributed by atoms with Crippen molar-refractivity contribution in [3.8, 4) is 0 Å². The molecular weight excluding hydrogens is 404 g/mol. The van der Waals surface area contributed by atoms with Crippen LogP contribution in [-0.4, -0.2) is 8.13 Å². The summed E-state index contributed by atoms with van der Waals surface area (Å²) in [6.07, 6.45) is 2.08. The fourth-order valence-electron chi connectivity index (χ4n) is 1.55. The van der Waals surface area contributed by atoms with Gasteiger partial charge in [-0.15, -0.1) is 0 Å². The van der Waals surface area contributed by atoms with Gasteiger partial charge in [0.15, 0.2) is 4.33 Å². The van der Waals surface area contributed by atoms with Gasteiger partial charge in [0.05, 0.1) is 0 Å². The van der Waals surface area contributed by atoms with Crippen LogP contribution in [0.2, 0.25) is 0 Å². The van der Waals surface area contributed by atoms with Gasteiger partial charge >= 0.3 is 0 Å². The van der Waals surface area contributed by atoms with Crippen LogP contribution >= 0.6 is 81.2 Å². The molecule has 0 unspecified atom stereocenters. The smallest absolute Gasteiger partial charge is 0.0930 e. The van der Waals surface area contributed by atoms with Crippen LogP contribution in [0.3, 0.4) is 0 Å². The molecule has 0 aliphatic heterocycles. The van der Waals surface area contributed by atoms with E-state index in [1.807, 2.05) is 12.1 Å². The lowest BCUT2D eigenvalue weighted by Gasteiger charge is -2.37. The zero-order valence-corrected chi connectivity index (χ0v) is 15.9. The molecule has 0 saturated heterocycles. The Morgan fingerprint density at radius 1 is 0.850 bits per heavy atom. The molecule has 7 heteroatoms. The average molecular weight is 416 g/mol. The maximum atomic E-state index is 6.23. The van der Waals surface area contributed by atoms with Gasteiger partial charge in [0.1, 0.15) is 0 Å². The molecule has 0 nitrogen and oxygen atoms in total. The van der Waals surface area contributed by atoms with Crippen molar-refractivity contribution in [1.82, 2.24) is 0 Å². The van der Waals surface area contributed by atoms with Crippen molar-refractivity contribution in [2.24, 2.45) is 5.92 Å². The van der Waals surface area contributed by atoms with E-state index in [0.717, 1.165) is 5.56 Å². The van der Waals surface area contributed by atoms with Gasteiger partial charge in [0.2, 0.25) is 8.13 Å². The third-order valence-corrected chi connectivity index (χ3v) is 6.50. The van der Waals surface area contributed by atoms with Crippen LogP contribution < -0.4 is 0 Å². The number of hydrogen-bond donors (Lipinski definition) is 0. The molecule has 1 rings (SSSR count). The fraction of sp³-hybridized carbons (Fsp3) is 0.462. The molecule has 0 atom stereocenters. The highest BCUT2D eigenvalue weighted by Crippen LogP contribution is 2.60. The van der Waals surface area contributed by atoms with E-state index in [1.165, 1.54) is 0 Å². The zero-order valence-electron chi connectivity index (χ0n) is 10.6. The molecule has 0 amide bonds. The quantitative estimate of drug-likeness (QED) is 0.461. The van der Waals surface area contributed by atoms with Crippen molar-refractivity contribution in [2.75, 3.05) is 0 Å². The predicted octanol–water partition coefficient (Wildman–Crippen LogP) is 7.07. The van der Waals surface area contributed by atoms with E-state index < -0.39 is 12.5 Å². The molecule has 0 fully saturated rings. The van der Waals surface area contributed by atoms with Crippen molar-refractivity contribution < 1.29 is 0 Å². The molecule has 0 heterocycles. The number of alkyl halides is 7. The first kappa shape index (κ1) is 19.3. The van der Waals surface area contributed by atoms with Crippen LogP contribution in [0.1, 0.15) is 25.0 Å². The summed E-state index contributed by atoms with van der Waals surface area (Å²) < 4.78 is -5.85. The topological polar surface area (TPSA) is 0 Å². The van der Waals surface area contributed by atoms with Crippen LogP contribution in [0.15, 0.2) is 24.3 Å². The van der Waals surface area contributed by atoms with E-state index in [2.05, 4.69) is 20.3 Å². The van der Waals surface area contributed by atoms with Crippen LogP contribution in [0.25, 0.3) is 0 Å².